The molecule has 0 aliphatic carbocycles. The van der Waals surface area contributed by atoms with Gasteiger partial charge in [0.25, 0.3) is 0 Å². The Morgan fingerprint density at radius 2 is 1.82 bits per heavy atom. The maximum absolute atomic E-state index is 12.4. The molecular weight excluding hydrogens is 356 g/mol. The van der Waals surface area contributed by atoms with Crippen molar-refractivity contribution in [3.05, 3.63) is 66.0 Å². The number of nitrogens with one attached hydrogen (secondary N) is 1. The molecule has 0 spiro atoms. The number of para-hydroxylation sites is 1. The Morgan fingerprint density at radius 3 is 2.46 bits per heavy atom. The molecule has 2 N–H and O–H groups in total. The number of aromatic nitrogens is 1. The van der Waals surface area contributed by atoms with E-state index < -0.39 is 0 Å². The van der Waals surface area contributed by atoms with Crippen LogP contribution in [0.5, 0.6) is 0 Å². The van der Waals surface area contributed by atoms with Crippen LogP contribution in [0.4, 0.5) is 5.69 Å². The standard InChI is InChI=1S/C20H21N3O2.CH5NO/c24-15-5-7-17-6-1-2-9-19(17)22-11-13-23(14-12-22)20(25)16-18-8-3-4-10-21-18;1-2-3/h1-10,15H,11-14,16H2;2-3H,1H3/b7-5+;. The summed E-state index contributed by atoms with van der Waals surface area (Å²) in [7, 11) is 1.43. The van der Waals surface area contributed by atoms with Gasteiger partial charge in [-0.15, -0.1) is 0 Å². The summed E-state index contributed by atoms with van der Waals surface area (Å²) in [6.07, 6.45) is 6.17. The van der Waals surface area contributed by atoms with Gasteiger partial charge in [0, 0.05) is 50.8 Å². The van der Waals surface area contributed by atoms with Gasteiger partial charge in [0.15, 0.2) is 0 Å². The van der Waals surface area contributed by atoms with Gasteiger partial charge in [-0.2, -0.15) is 0 Å². The average Bonchev–Trinajstić information content (AvgIpc) is 2.74. The number of hydroxylamine groups is 1. The summed E-state index contributed by atoms with van der Waals surface area (Å²) in [5, 5.41) is 7.32. The monoisotopic (exact) mass is 382 g/mol. The molecule has 0 radical (unpaired) electrons. The van der Waals surface area contributed by atoms with Crippen molar-refractivity contribution in [2.24, 2.45) is 0 Å². The molecule has 7 nitrogen and oxygen atoms in total. The summed E-state index contributed by atoms with van der Waals surface area (Å²) in [4.78, 5) is 31.4. The summed E-state index contributed by atoms with van der Waals surface area (Å²) in [6, 6.07) is 13.6. The Bertz CT molecular complexity index is 772. The fraction of sp³-hybridized carbons (Fsp3) is 0.286. The molecule has 0 bridgehead atoms. The minimum atomic E-state index is 0.118. The highest BCUT2D eigenvalue weighted by molar-refractivity contribution is 5.80. The topological polar surface area (TPSA) is 85.8 Å². The summed E-state index contributed by atoms with van der Waals surface area (Å²) in [5.74, 6) is 0.118. The number of carbonyl (C=O) groups is 2. The summed E-state index contributed by atoms with van der Waals surface area (Å²) < 4.78 is 0. The Hall–Kier alpha value is -3.03. The highest BCUT2D eigenvalue weighted by Crippen LogP contribution is 2.23. The van der Waals surface area contributed by atoms with Crippen LogP contribution >= 0.6 is 0 Å². The molecule has 1 fully saturated rings. The van der Waals surface area contributed by atoms with E-state index in [1.165, 1.54) is 13.1 Å². The lowest BCUT2D eigenvalue weighted by molar-refractivity contribution is -0.130. The second-order valence-corrected chi connectivity index (χ2v) is 6.14. The predicted molar refractivity (Wildman–Crippen MR) is 109 cm³/mol. The van der Waals surface area contributed by atoms with Crippen molar-refractivity contribution < 1.29 is 14.8 Å². The Kier molecular flexibility index (Phi) is 8.84. The van der Waals surface area contributed by atoms with E-state index in [0.717, 1.165) is 36.3 Å². The van der Waals surface area contributed by atoms with E-state index in [4.69, 9.17) is 5.21 Å². The molecule has 0 atom stereocenters. The molecule has 7 heteroatoms. The molecular formula is C21H26N4O3. The number of anilines is 1. The first-order valence-electron chi connectivity index (χ1n) is 9.14. The molecule has 1 aliphatic rings. The molecule has 28 heavy (non-hydrogen) atoms. The molecule has 2 heterocycles. The van der Waals surface area contributed by atoms with Gasteiger partial charge >= 0.3 is 0 Å². The van der Waals surface area contributed by atoms with Crippen molar-refractivity contribution >= 4 is 24.0 Å². The van der Waals surface area contributed by atoms with Crippen LogP contribution in [0.3, 0.4) is 0 Å². The van der Waals surface area contributed by atoms with Crippen molar-refractivity contribution in [1.82, 2.24) is 15.4 Å². The number of piperazine rings is 1. The van der Waals surface area contributed by atoms with Gasteiger partial charge in [0.05, 0.1) is 6.42 Å². The van der Waals surface area contributed by atoms with Crippen molar-refractivity contribution in [3.63, 3.8) is 0 Å². The predicted octanol–water partition coefficient (Wildman–Crippen LogP) is 1.78. The zero-order chi connectivity index (χ0) is 20.2. The lowest BCUT2D eigenvalue weighted by Crippen LogP contribution is -2.49. The maximum atomic E-state index is 12.4. The van der Waals surface area contributed by atoms with Gasteiger partial charge in [0.2, 0.25) is 5.91 Å². The van der Waals surface area contributed by atoms with Gasteiger partial charge in [-0.1, -0.05) is 24.3 Å². The SMILES string of the molecule is CNO.O=C/C=C/c1ccccc1N1CCN(C(=O)Cc2ccccn2)CC1. The third-order valence-corrected chi connectivity index (χ3v) is 4.32. The van der Waals surface area contributed by atoms with Gasteiger partial charge < -0.3 is 15.0 Å². The first-order chi connectivity index (χ1) is 13.7. The normalized spacial score (nSPS) is 13.8. The second kappa shape index (κ2) is 11.6. The van der Waals surface area contributed by atoms with Crippen LogP contribution in [0.25, 0.3) is 6.08 Å². The number of nitrogens with zero attached hydrogens (tertiary/aromatic N) is 3. The molecule has 1 aromatic carbocycles. The number of amides is 1. The third kappa shape index (κ3) is 6.29. The average molecular weight is 382 g/mol. The minimum Gasteiger partial charge on any atom is -0.367 e. The fourth-order valence-electron chi connectivity index (χ4n) is 3.03. The van der Waals surface area contributed by atoms with E-state index in [2.05, 4.69) is 16.0 Å². The van der Waals surface area contributed by atoms with Crippen molar-refractivity contribution in [2.45, 2.75) is 6.42 Å². The minimum absolute atomic E-state index is 0.118. The number of hydrogen-bond acceptors (Lipinski definition) is 6. The Morgan fingerprint density at radius 1 is 1.14 bits per heavy atom. The van der Waals surface area contributed by atoms with Crippen LogP contribution < -0.4 is 10.4 Å². The van der Waals surface area contributed by atoms with Gasteiger partial charge in [0.1, 0.15) is 6.29 Å². The summed E-state index contributed by atoms with van der Waals surface area (Å²) in [6.45, 7) is 2.94. The molecule has 1 aromatic heterocycles. The van der Waals surface area contributed by atoms with Crippen LogP contribution in [0.15, 0.2) is 54.7 Å². The zero-order valence-electron chi connectivity index (χ0n) is 16.0. The molecule has 1 amide bonds. The lowest BCUT2D eigenvalue weighted by Gasteiger charge is -2.36. The fourth-order valence-corrected chi connectivity index (χ4v) is 3.03. The van der Waals surface area contributed by atoms with E-state index in [9.17, 15) is 9.59 Å². The molecule has 2 aromatic rings. The van der Waals surface area contributed by atoms with Crippen molar-refractivity contribution in [2.75, 3.05) is 38.1 Å². The van der Waals surface area contributed by atoms with Crippen molar-refractivity contribution in [3.8, 4) is 0 Å². The van der Waals surface area contributed by atoms with E-state index in [0.29, 0.717) is 19.5 Å². The van der Waals surface area contributed by atoms with Crippen LogP contribution in [0.1, 0.15) is 11.3 Å². The van der Waals surface area contributed by atoms with Gasteiger partial charge in [-0.05, 0) is 35.9 Å². The van der Waals surface area contributed by atoms with E-state index in [1.54, 1.807) is 11.7 Å². The van der Waals surface area contributed by atoms with Gasteiger partial charge in [-0.25, -0.2) is 5.48 Å². The van der Waals surface area contributed by atoms with Crippen LogP contribution in [-0.4, -0.2) is 60.5 Å². The first-order valence-corrected chi connectivity index (χ1v) is 9.14. The quantitative estimate of drug-likeness (QED) is 0.466. The smallest absolute Gasteiger partial charge is 0.228 e. The number of pyridine rings is 1. The second-order valence-electron chi connectivity index (χ2n) is 6.14. The van der Waals surface area contributed by atoms with E-state index >= 15 is 0 Å². The summed E-state index contributed by atoms with van der Waals surface area (Å²) in [5.41, 5.74) is 4.67. The van der Waals surface area contributed by atoms with Crippen molar-refractivity contribution in [1.29, 1.82) is 0 Å². The number of benzene rings is 1. The Labute approximate surface area is 165 Å². The molecule has 148 valence electrons. The number of hydrogen-bond donors (Lipinski definition) is 2. The third-order valence-electron chi connectivity index (χ3n) is 4.32. The Balaban J connectivity index is 0.000000878. The van der Waals surface area contributed by atoms with E-state index in [-0.39, 0.29) is 5.91 Å². The largest absolute Gasteiger partial charge is 0.367 e. The molecule has 1 aliphatic heterocycles. The zero-order valence-corrected chi connectivity index (χ0v) is 16.0. The molecule has 0 saturated carbocycles. The lowest BCUT2D eigenvalue weighted by atomic mass is 10.1. The van der Waals surface area contributed by atoms with E-state index in [1.807, 2.05) is 47.4 Å². The summed E-state index contributed by atoms with van der Waals surface area (Å²) >= 11 is 0. The molecule has 3 rings (SSSR count). The van der Waals surface area contributed by atoms with Crippen LogP contribution in [-0.2, 0) is 16.0 Å². The maximum Gasteiger partial charge on any atom is 0.228 e. The highest BCUT2D eigenvalue weighted by atomic mass is 16.5. The number of aldehydes is 1. The van der Waals surface area contributed by atoms with Crippen LogP contribution in [0.2, 0.25) is 0 Å². The number of rotatable bonds is 5. The van der Waals surface area contributed by atoms with Crippen LogP contribution in [0, 0.1) is 0 Å². The highest BCUT2D eigenvalue weighted by Gasteiger charge is 2.22. The molecule has 1 saturated heterocycles. The van der Waals surface area contributed by atoms with Gasteiger partial charge in [-0.3, -0.25) is 14.6 Å². The molecule has 0 unspecified atom stereocenters. The number of allylic oxidation sites excluding steroid dienone is 1. The first kappa shape index (κ1) is 21.3. The number of carbonyl (C=O) groups excluding carboxylic acids is 2.